The Morgan fingerprint density at radius 2 is 1.56 bits per heavy atom. The maximum Gasteiger partial charge on any atom is 0.412 e. The number of nitrogens with zero attached hydrogens (tertiary/aromatic N) is 1. The number of alkyl halides is 6. The Labute approximate surface area is 192 Å². The first-order valence-electron chi connectivity index (χ1n) is 10.8. The third-order valence-corrected chi connectivity index (χ3v) is 6.86. The highest BCUT2D eigenvalue weighted by molar-refractivity contribution is 6.01. The third-order valence-electron chi connectivity index (χ3n) is 6.86. The number of rotatable bonds is 5. The van der Waals surface area contributed by atoms with Gasteiger partial charge in [0, 0.05) is 43.2 Å². The van der Waals surface area contributed by atoms with E-state index < -0.39 is 53.3 Å². The number of nitrogens with one attached hydrogen (secondary N) is 1. The van der Waals surface area contributed by atoms with Gasteiger partial charge in [-0.2, -0.15) is 26.3 Å². The average molecular weight is 486 g/mol. The zero-order valence-corrected chi connectivity index (χ0v) is 18.3. The van der Waals surface area contributed by atoms with E-state index in [2.05, 4.69) is 18.5 Å². The maximum atomic E-state index is 13.2. The summed E-state index contributed by atoms with van der Waals surface area (Å²) in [5.41, 5.74) is -3.02. The number of fused-ring (bicyclic) bond motifs is 2. The van der Waals surface area contributed by atoms with Crippen LogP contribution in [0.5, 0.6) is 0 Å². The lowest BCUT2D eigenvalue weighted by atomic mass is 9.82. The molecule has 0 radical (unpaired) electrons. The molecule has 0 amide bonds. The molecule has 4 rings (SSSR count). The van der Waals surface area contributed by atoms with Crippen molar-refractivity contribution in [2.45, 2.75) is 55.8 Å². The number of ether oxygens (including phenoxy) is 1. The molecule has 3 aliphatic heterocycles. The molecule has 1 N–H and O–H groups in total. The van der Waals surface area contributed by atoms with Crippen LogP contribution in [-0.2, 0) is 21.7 Å². The lowest BCUT2D eigenvalue weighted by Crippen LogP contribution is -2.52. The van der Waals surface area contributed by atoms with E-state index in [0.717, 1.165) is 17.2 Å². The van der Waals surface area contributed by atoms with Gasteiger partial charge in [0.2, 0.25) is 0 Å². The number of hydrogen-bond acceptors (Lipinski definition) is 4. The SMILES string of the molecule is C=C(CC1(CC(=C)C(F)(F)F)NC(N2CCC3(CC2)OCc2ccccc23)=CC1=O)C(F)(F)F. The maximum absolute atomic E-state index is 13.2. The Kier molecular flexibility index (Phi) is 5.86. The molecule has 184 valence electrons. The molecule has 1 aromatic rings. The molecule has 3 heterocycles. The van der Waals surface area contributed by atoms with Gasteiger partial charge in [-0.3, -0.25) is 4.79 Å². The molecule has 0 atom stereocenters. The van der Waals surface area contributed by atoms with Crippen LogP contribution in [0, 0.1) is 0 Å². The molecule has 1 fully saturated rings. The first kappa shape index (κ1) is 24.4. The summed E-state index contributed by atoms with van der Waals surface area (Å²) in [7, 11) is 0. The minimum absolute atomic E-state index is 0.205. The van der Waals surface area contributed by atoms with E-state index in [9.17, 15) is 31.1 Å². The molecule has 1 saturated heterocycles. The average Bonchev–Trinajstić information content (AvgIpc) is 3.26. The number of likely N-dealkylation sites (tertiary alicyclic amines) is 1. The highest BCUT2D eigenvalue weighted by atomic mass is 19.4. The standard InChI is InChI=1S/C24H24F6N2O2/c1-15(23(25,26)27)12-21(13-16(2)24(28,29)30)19(33)11-20(31-21)32-9-7-22(8-10-32)18-6-4-3-5-17(18)14-34-22/h3-6,11,31H,1-2,7-10,12-14H2. The zero-order chi connectivity index (χ0) is 24.9. The Bertz CT molecular complexity index is 1020. The largest absolute Gasteiger partial charge is 0.412 e. The summed E-state index contributed by atoms with van der Waals surface area (Å²) in [6, 6.07) is 7.85. The van der Waals surface area contributed by atoms with Crippen molar-refractivity contribution in [1.82, 2.24) is 10.2 Å². The fourth-order valence-electron chi connectivity index (χ4n) is 4.94. The first-order chi connectivity index (χ1) is 15.8. The third kappa shape index (κ3) is 4.35. The normalized spacial score (nSPS) is 21.3. The van der Waals surface area contributed by atoms with Gasteiger partial charge in [-0.05, 0) is 24.0 Å². The monoisotopic (exact) mass is 486 g/mol. The van der Waals surface area contributed by atoms with Gasteiger partial charge < -0.3 is 15.0 Å². The molecule has 0 unspecified atom stereocenters. The predicted molar refractivity (Wildman–Crippen MR) is 112 cm³/mol. The lowest BCUT2D eigenvalue weighted by molar-refractivity contribution is -0.122. The summed E-state index contributed by atoms with van der Waals surface area (Å²) in [5.74, 6) is -0.655. The number of piperidine rings is 1. The molecule has 0 aromatic heterocycles. The van der Waals surface area contributed by atoms with Crippen molar-refractivity contribution in [3.63, 3.8) is 0 Å². The van der Waals surface area contributed by atoms with Crippen molar-refractivity contribution in [3.05, 3.63) is 71.6 Å². The quantitative estimate of drug-likeness (QED) is 0.455. The van der Waals surface area contributed by atoms with Gasteiger partial charge in [-0.15, -0.1) is 0 Å². The van der Waals surface area contributed by atoms with Gasteiger partial charge in [0.05, 0.1) is 12.2 Å². The van der Waals surface area contributed by atoms with Crippen LogP contribution >= 0.6 is 0 Å². The van der Waals surface area contributed by atoms with Crippen LogP contribution < -0.4 is 5.32 Å². The fraction of sp³-hybridized carbons (Fsp3) is 0.458. The summed E-state index contributed by atoms with van der Waals surface area (Å²) in [5, 5.41) is 2.70. The summed E-state index contributed by atoms with van der Waals surface area (Å²) in [4.78, 5) is 14.6. The van der Waals surface area contributed by atoms with E-state index in [1.165, 1.54) is 0 Å². The predicted octanol–water partition coefficient (Wildman–Crippen LogP) is 5.28. The van der Waals surface area contributed by atoms with E-state index in [1.54, 1.807) is 4.90 Å². The van der Waals surface area contributed by atoms with Crippen LogP contribution in [0.3, 0.4) is 0 Å². The molecule has 0 bridgehead atoms. The highest BCUT2D eigenvalue weighted by Gasteiger charge is 2.51. The molecule has 0 aliphatic carbocycles. The van der Waals surface area contributed by atoms with Gasteiger partial charge in [0.1, 0.15) is 11.4 Å². The van der Waals surface area contributed by atoms with Crippen LogP contribution in [0.1, 0.15) is 36.8 Å². The highest BCUT2D eigenvalue weighted by Crippen LogP contribution is 2.45. The molecule has 1 spiro atoms. The molecule has 34 heavy (non-hydrogen) atoms. The van der Waals surface area contributed by atoms with Crippen molar-refractivity contribution in [1.29, 1.82) is 0 Å². The lowest BCUT2D eigenvalue weighted by Gasteiger charge is -2.42. The molecule has 0 saturated carbocycles. The van der Waals surface area contributed by atoms with E-state index >= 15 is 0 Å². The molecular weight excluding hydrogens is 462 g/mol. The van der Waals surface area contributed by atoms with Crippen LogP contribution in [0.25, 0.3) is 0 Å². The Hall–Kier alpha value is -2.75. The zero-order valence-electron chi connectivity index (χ0n) is 18.3. The number of benzene rings is 1. The van der Waals surface area contributed by atoms with Gasteiger partial charge in [0.15, 0.2) is 5.78 Å². The summed E-state index contributed by atoms with van der Waals surface area (Å²) in [6.45, 7) is 7.24. The molecular formula is C24H24F6N2O2. The fourth-order valence-corrected chi connectivity index (χ4v) is 4.94. The van der Waals surface area contributed by atoms with E-state index in [0.29, 0.717) is 32.5 Å². The van der Waals surface area contributed by atoms with Crippen LogP contribution in [-0.4, -0.2) is 41.7 Å². The number of ketones is 1. The molecule has 10 heteroatoms. The Morgan fingerprint density at radius 1 is 1.00 bits per heavy atom. The Balaban J connectivity index is 1.52. The second kappa shape index (κ2) is 8.18. The topological polar surface area (TPSA) is 41.6 Å². The van der Waals surface area contributed by atoms with Gasteiger partial charge in [-0.25, -0.2) is 0 Å². The van der Waals surface area contributed by atoms with Crippen molar-refractivity contribution in [2.24, 2.45) is 0 Å². The number of hydrogen-bond donors (Lipinski definition) is 1. The van der Waals surface area contributed by atoms with Crippen molar-refractivity contribution in [3.8, 4) is 0 Å². The number of carbonyl (C=O) groups excluding carboxylic acids is 1. The number of halogens is 6. The van der Waals surface area contributed by atoms with Crippen LogP contribution in [0.15, 0.2) is 60.5 Å². The summed E-state index contributed by atoms with van der Waals surface area (Å²) < 4.78 is 85.2. The summed E-state index contributed by atoms with van der Waals surface area (Å²) >= 11 is 0. The second-order valence-electron chi connectivity index (χ2n) is 9.08. The summed E-state index contributed by atoms with van der Waals surface area (Å²) in [6.07, 6.45) is -9.50. The van der Waals surface area contributed by atoms with Crippen LogP contribution in [0.4, 0.5) is 26.3 Å². The first-order valence-corrected chi connectivity index (χ1v) is 10.8. The minimum Gasteiger partial charge on any atom is -0.365 e. The van der Waals surface area contributed by atoms with Crippen molar-refractivity contribution < 1.29 is 35.9 Å². The molecule has 4 nitrogen and oxygen atoms in total. The van der Waals surface area contributed by atoms with Gasteiger partial charge in [-0.1, -0.05) is 37.4 Å². The van der Waals surface area contributed by atoms with Gasteiger partial charge >= 0.3 is 12.4 Å². The van der Waals surface area contributed by atoms with Crippen molar-refractivity contribution >= 4 is 5.78 Å². The smallest absolute Gasteiger partial charge is 0.365 e. The van der Waals surface area contributed by atoms with E-state index in [-0.39, 0.29) is 5.82 Å². The van der Waals surface area contributed by atoms with Crippen LogP contribution in [0.2, 0.25) is 0 Å². The van der Waals surface area contributed by atoms with E-state index in [4.69, 9.17) is 4.74 Å². The second-order valence-corrected chi connectivity index (χ2v) is 9.08. The van der Waals surface area contributed by atoms with E-state index in [1.807, 2.05) is 24.3 Å². The number of carbonyl (C=O) groups is 1. The Morgan fingerprint density at radius 3 is 2.12 bits per heavy atom. The minimum atomic E-state index is -4.85. The molecule has 1 aromatic carbocycles. The molecule has 3 aliphatic rings. The van der Waals surface area contributed by atoms with Crippen molar-refractivity contribution in [2.75, 3.05) is 13.1 Å². The van der Waals surface area contributed by atoms with Gasteiger partial charge in [0.25, 0.3) is 0 Å².